The number of halogens is 2. The van der Waals surface area contributed by atoms with E-state index in [1.807, 2.05) is 5.32 Å². The quantitative estimate of drug-likeness (QED) is 0.400. The number of nitrogens with one attached hydrogen (secondary N) is 1. The predicted octanol–water partition coefficient (Wildman–Crippen LogP) is 0.499. The number of hydrogen-bond donors (Lipinski definition) is 2. The van der Waals surface area contributed by atoms with E-state index in [1.165, 1.54) is 0 Å². The molecule has 1 amide bonds. The molecule has 1 heterocycles. The van der Waals surface area contributed by atoms with Crippen LogP contribution in [0, 0.1) is 11.6 Å². The van der Waals surface area contributed by atoms with Gasteiger partial charge in [-0.3, -0.25) is 14.4 Å². The number of amides is 1. The highest BCUT2D eigenvalue weighted by molar-refractivity contribution is 6.83. The lowest BCUT2D eigenvalue weighted by atomic mass is 10.0. The van der Waals surface area contributed by atoms with E-state index < -0.39 is 46.1 Å². The molecule has 0 bridgehead atoms. The van der Waals surface area contributed by atoms with E-state index in [4.69, 9.17) is 5.21 Å². The molecule has 0 spiro atoms. The Morgan fingerprint density at radius 1 is 1.11 bits per heavy atom. The summed E-state index contributed by atoms with van der Waals surface area (Å²) < 4.78 is 26.4. The molecule has 92 valence electrons. The molecular weight excluding hydrogens is 250 g/mol. The lowest BCUT2D eigenvalue weighted by molar-refractivity contribution is -0.130. The number of carbonyl (C=O) groups is 3. The van der Waals surface area contributed by atoms with Gasteiger partial charge in [0.05, 0.1) is 11.3 Å². The maximum Gasteiger partial charge on any atom is 0.298 e. The molecule has 2 rings (SSSR count). The monoisotopic (exact) mass is 254 g/mol. The molecule has 8 heteroatoms. The number of anilines is 1. The second kappa shape index (κ2) is 3.99. The number of hydrogen-bond acceptors (Lipinski definition) is 5. The van der Waals surface area contributed by atoms with Crippen molar-refractivity contribution < 1.29 is 28.4 Å². The van der Waals surface area contributed by atoms with Gasteiger partial charge < -0.3 is 10.5 Å². The molecule has 0 atom stereocenters. The lowest BCUT2D eigenvalue weighted by Crippen LogP contribution is -2.31. The molecular formula is C10H4F2N2O4. The van der Waals surface area contributed by atoms with E-state index >= 15 is 0 Å². The van der Waals surface area contributed by atoms with Gasteiger partial charge in [-0.05, 0) is 6.07 Å². The average molecular weight is 254 g/mol. The van der Waals surface area contributed by atoms with Crippen LogP contribution in [-0.4, -0.2) is 28.4 Å². The van der Waals surface area contributed by atoms with Crippen LogP contribution in [0.15, 0.2) is 17.3 Å². The number of nitrogens with zero attached hydrogens (tertiary/aromatic N) is 1. The van der Waals surface area contributed by atoms with Crippen LogP contribution in [0.5, 0.6) is 0 Å². The van der Waals surface area contributed by atoms with Gasteiger partial charge in [0.1, 0.15) is 11.6 Å². The Kier molecular flexibility index (Phi) is 2.62. The van der Waals surface area contributed by atoms with E-state index in [2.05, 4.69) is 5.16 Å². The van der Waals surface area contributed by atoms with Crippen molar-refractivity contribution in [2.75, 3.05) is 5.32 Å². The Morgan fingerprint density at radius 3 is 2.39 bits per heavy atom. The van der Waals surface area contributed by atoms with Gasteiger partial charge in [-0.2, -0.15) is 0 Å². The Labute approximate surface area is 97.9 Å². The maximum absolute atomic E-state index is 13.5. The van der Waals surface area contributed by atoms with Crippen LogP contribution < -0.4 is 5.32 Å². The Hall–Kier alpha value is -2.64. The standard InChI is InChI=1S/C10H4F2N2O4/c11-3-1-4(12)6-5(2-3)13-10(17)9(16)7(14-18)8(6)15/h1-2,18H,(H,13,17)/b14-7-. The third-order valence-electron chi connectivity index (χ3n) is 2.27. The van der Waals surface area contributed by atoms with E-state index in [0.717, 1.165) is 0 Å². The van der Waals surface area contributed by atoms with E-state index in [0.29, 0.717) is 12.1 Å². The van der Waals surface area contributed by atoms with Crippen LogP contribution in [0.4, 0.5) is 14.5 Å². The van der Waals surface area contributed by atoms with Gasteiger partial charge in [-0.15, -0.1) is 0 Å². The number of oxime groups is 1. The molecule has 0 aromatic heterocycles. The zero-order valence-corrected chi connectivity index (χ0v) is 8.53. The summed E-state index contributed by atoms with van der Waals surface area (Å²) in [5.41, 5.74) is -2.35. The summed E-state index contributed by atoms with van der Waals surface area (Å²) in [6.45, 7) is 0. The van der Waals surface area contributed by atoms with E-state index in [-0.39, 0.29) is 0 Å². The summed E-state index contributed by atoms with van der Waals surface area (Å²) in [6.07, 6.45) is 0. The zero-order chi connectivity index (χ0) is 13.4. The molecule has 0 fully saturated rings. The third-order valence-corrected chi connectivity index (χ3v) is 2.27. The average Bonchev–Trinajstić information content (AvgIpc) is 2.35. The topological polar surface area (TPSA) is 95.8 Å². The largest absolute Gasteiger partial charge is 0.410 e. The van der Waals surface area contributed by atoms with Crippen molar-refractivity contribution in [1.82, 2.24) is 0 Å². The summed E-state index contributed by atoms with van der Waals surface area (Å²) in [4.78, 5) is 34.3. The molecule has 1 aromatic rings. The second-order valence-electron chi connectivity index (χ2n) is 3.37. The fraction of sp³-hybridized carbons (Fsp3) is 0. The van der Waals surface area contributed by atoms with Crippen molar-refractivity contribution in [2.24, 2.45) is 5.16 Å². The number of rotatable bonds is 0. The zero-order valence-electron chi connectivity index (χ0n) is 8.53. The van der Waals surface area contributed by atoms with Crippen LogP contribution in [0.2, 0.25) is 0 Å². The number of ketones is 2. The van der Waals surface area contributed by atoms with Crippen molar-refractivity contribution in [2.45, 2.75) is 0 Å². The first kappa shape index (κ1) is 11.8. The summed E-state index contributed by atoms with van der Waals surface area (Å²) in [5.74, 6) is -6.35. The number of benzene rings is 1. The highest BCUT2D eigenvalue weighted by Crippen LogP contribution is 2.24. The van der Waals surface area contributed by atoms with Crippen molar-refractivity contribution in [1.29, 1.82) is 0 Å². The fourth-order valence-corrected chi connectivity index (χ4v) is 1.50. The van der Waals surface area contributed by atoms with Crippen LogP contribution in [-0.2, 0) is 9.59 Å². The normalized spacial score (nSPS) is 17.4. The van der Waals surface area contributed by atoms with Crippen molar-refractivity contribution in [3.63, 3.8) is 0 Å². The van der Waals surface area contributed by atoms with Crippen LogP contribution in [0.3, 0.4) is 0 Å². The Bertz CT molecular complexity index is 625. The van der Waals surface area contributed by atoms with Gasteiger partial charge in [0, 0.05) is 6.07 Å². The SMILES string of the molecule is O=C1Nc2cc(F)cc(F)c2C(=O)/C(=N/O)C1=O. The number of Topliss-reactive ketones (excluding diaryl/α,β-unsaturated/α-hetero) is 2. The van der Waals surface area contributed by atoms with Crippen LogP contribution in [0.25, 0.3) is 0 Å². The molecule has 1 aliphatic rings. The van der Waals surface area contributed by atoms with Gasteiger partial charge in [-0.1, -0.05) is 5.16 Å². The van der Waals surface area contributed by atoms with Gasteiger partial charge in [-0.25, -0.2) is 8.78 Å². The lowest BCUT2D eigenvalue weighted by Gasteiger charge is -2.05. The molecule has 2 N–H and O–H groups in total. The predicted molar refractivity (Wildman–Crippen MR) is 53.5 cm³/mol. The van der Waals surface area contributed by atoms with E-state index in [1.54, 1.807) is 0 Å². The smallest absolute Gasteiger partial charge is 0.298 e. The fourth-order valence-electron chi connectivity index (χ4n) is 1.50. The first-order valence-corrected chi connectivity index (χ1v) is 4.57. The molecule has 0 saturated carbocycles. The molecule has 0 unspecified atom stereocenters. The molecule has 1 aromatic carbocycles. The third kappa shape index (κ3) is 1.63. The minimum atomic E-state index is -1.43. The van der Waals surface area contributed by atoms with Crippen molar-refractivity contribution >= 4 is 28.9 Å². The highest BCUT2D eigenvalue weighted by Gasteiger charge is 2.36. The van der Waals surface area contributed by atoms with Gasteiger partial charge >= 0.3 is 0 Å². The highest BCUT2D eigenvalue weighted by atomic mass is 19.1. The summed E-state index contributed by atoms with van der Waals surface area (Å²) in [7, 11) is 0. The minimum absolute atomic E-state index is 0.410. The summed E-state index contributed by atoms with van der Waals surface area (Å²) in [6, 6.07) is 1.09. The second-order valence-corrected chi connectivity index (χ2v) is 3.37. The first-order valence-electron chi connectivity index (χ1n) is 4.57. The number of fused-ring (bicyclic) bond motifs is 1. The maximum atomic E-state index is 13.5. The molecule has 18 heavy (non-hydrogen) atoms. The Balaban J connectivity index is 2.75. The summed E-state index contributed by atoms with van der Waals surface area (Å²) >= 11 is 0. The van der Waals surface area contributed by atoms with Crippen molar-refractivity contribution in [3.05, 3.63) is 29.3 Å². The van der Waals surface area contributed by atoms with Crippen molar-refractivity contribution in [3.8, 4) is 0 Å². The number of carbonyl (C=O) groups excluding carboxylic acids is 3. The van der Waals surface area contributed by atoms with Gasteiger partial charge in [0.25, 0.3) is 11.7 Å². The van der Waals surface area contributed by atoms with Crippen LogP contribution in [0.1, 0.15) is 10.4 Å². The van der Waals surface area contributed by atoms with E-state index in [9.17, 15) is 23.2 Å². The van der Waals surface area contributed by atoms with Gasteiger partial charge in [0.15, 0.2) is 0 Å². The van der Waals surface area contributed by atoms with Gasteiger partial charge in [0.2, 0.25) is 11.5 Å². The Morgan fingerprint density at radius 2 is 1.78 bits per heavy atom. The molecule has 0 aliphatic carbocycles. The summed E-state index contributed by atoms with van der Waals surface area (Å²) in [5, 5.41) is 12.8. The first-order chi connectivity index (χ1) is 8.45. The molecule has 0 saturated heterocycles. The van der Waals surface area contributed by atoms with Crippen LogP contribution >= 0.6 is 0 Å². The molecule has 6 nitrogen and oxygen atoms in total. The minimum Gasteiger partial charge on any atom is -0.410 e. The molecule has 1 aliphatic heterocycles. The molecule has 0 radical (unpaired) electrons.